The molecular weight excluding hydrogens is 214 g/mol. The smallest absolute Gasteiger partial charge is 0.340 e. The van der Waals surface area contributed by atoms with Crippen molar-refractivity contribution in [3.63, 3.8) is 0 Å². The van der Waals surface area contributed by atoms with Gasteiger partial charge in [-0.1, -0.05) is 13.3 Å². The fraction of sp³-hybridized carbons (Fsp3) is 0.455. The summed E-state index contributed by atoms with van der Waals surface area (Å²) in [5.74, 6) is -0.224. The van der Waals surface area contributed by atoms with Crippen molar-refractivity contribution in [2.24, 2.45) is 0 Å². The maximum Gasteiger partial charge on any atom is 0.340 e. The first-order valence-electron chi connectivity index (χ1n) is 4.95. The predicted octanol–water partition coefficient (Wildman–Crippen LogP) is 2.39. The van der Waals surface area contributed by atoms with E-state index in [-0.39, 0.29) is 24.5 Å². The highest BCUT2D eigenvalue weighted by atomic mass is 35.5. The first kappa shape index (κ1) is 12.0. The van der Waals surface area contributed by atoms with E-state index in [2.05, 4.69) is 11.9 Å². The second-order valence-corrected chi connectivity index (χ2v) is 3.55. The molecule has 4 heteroatoms. The van der Waals surface area contributed by atoms with E-state index < -0.39 is 0 Å². The molecule has 1 aromatic rings. The molecule has 0 bridgehead atoms. The minimum absolute atomic E-state index is 0. The van der Waals surface area contributed by atoms with E-state index in [1.54, 1.807) is 12.4 Å². The Morgan fingerprint density at radius 1 is 1.60 bits per heavy atom. The van der Waals surface area contributed by atoms with Crippen molar-refractivity contribution in [3.05, 3.63) is 29.6 Å². The number of ether oxygens (including phenoxy) is 1. The molecular formula is C11H14ClNO2. The summed E-state index contributed by atoms with van der Waals surface area (Å²) in [6.07, 6.45) is 6.17. The number of hydrogen-bond acceptors (Lipinski definition) is 3. The Morgan fingerprint density at radius 2 is 2.40 bits per heavy atom. The lowest BCUT2D eigenvalue weighted by molar-refractivity contribution is 0.0236. The Bertz CT molecular complexity index is 354. The number of carbonyl (C=O) groups excluding carboxylic acids is 1. The number of hydrogen-bond donors (Lipinski definition) is 0. The lowest BCUT2D eigenvalue weighted by Crippen LogP contribution is -2.27. The van der Waals surface area contributed by atoms with Gasteiger partial charge in [-0.25, -0.2) is 4.79 Å². The van der Waals surface area contributed by atoms with Crippen LogP contribution in [-0.2, 0) is 11.2 Å². The monoisotopic (exact) mass is 227 g/mol. The van der Waals surface area contributed by atoms with Crippen molar-refractivity contribution in [1.82, 2.24) is 4.98 Å². The average Bonchev–Trinajstić information content (AvgIpc) is 2.18. The molecule has 0 radical (unpaired) electrons. The van der Waals surface area contributed by atoms with E-state index in [1.807, 2.05) is 6.07 Å². The molecule has 0 saturated carbocycles. The molecule has 1 aliphatic rings. The number of carbonyl (C=O) groups is 1. The molecule has 2 rings (SSSR count). The average molecular weight is 228 g/mol. The third-order valence-corrected chi connectivity index (χ3v) is 2.46. The van der Waals surface area contributed by atoms with Gasteiger partial charge in [0, 0.05) is 18.8 Å². The van der Waals surface area contributed by atoms with Gasteiger partial charge in [0.2, 0.25) is 0 Å². The van der Waals surface area contributed by atoms with Gasteiger partial charge in [-0.2, -0.15) is 0 Å². The van der Waals surface area contributed by atoms with Gasteiger partial charge < -0.3 is 4.74 Å². The van der Waals surface area contributed by atoms with Crippen molar-refractivity contribution < 1.29 is 9.53 Å². The lowest BCUT2D eigenvalue weighted by atomic mass is 9.98. The van der Waals surface area contributed by atoms with Gasteiger partial charge in [-0.05, 0) is 18.1 Å². The SMILES string of the molecule is CCCC1Cc2ccncc2C(=O)O1.Cl. The van der Waals surface area contributed by atoms with E-state index in [0.717, 1.165) is 24.8 Å². The van der Waals surface area contributed by atoms with E-state index in [0.29, 0.717) is 5.56 Å². The van der Waals surface area contributed by atoms with E-state index >= 15 is 0 Å². The standard InChI is InChI=1S/C11H13NO2.ClH/c1-2-3-9-6-8-4-5-12-7-10(8)11(13)14-9;/h4-5,7,9H,2-3,6H2,1H3;1H. The quantitative estimate of drug-likeness (QED) is 0.729. The number of esters is 1. The van der Waals surface area contributed by atoms with Crippen molar-refractivity contribution >= 4 is 18.4 Å². The molecule has 1 aromatic heterocycles. The molecule has 82 valence electrons. The molecule has 0 fully saturated rings. The Balaban J connectivity index is 0.00000112. The summed E-state index contributed by atoms with van der Waals surface area (Å²) >= 11 is 0. The second-order valence-electron chi connectivity index (χ2n) is 3.55. The van der Waals surface area contributed by atoms with E-state index in [9.17, 15) is 4.79 Å². The summed E-state index contributed by atoms with van der Waals surface area (Å²) in [5, 5.41) is 0. The molecule has 0 aromatic carbocycles. The highest BCUT2D eigenvalue weighted by Crippen LogP contribution is 2.21. The number of pyridine rings is 1. The van der Waals surface area contributed by atoms with Gasteiger partial charge >= 0.3 is 5.97 Å². The maximum absolute atomic E-state index is 11.5. The number of nitrogens with zero attached hydrogens (tertiary/aromatic N) is 1. The molecule has 0 N–H and O–H groups in total. The normalized spacial score (nSPS) is 18.7. The highest BCUT2D eigenvalue weighted by Gasteiger charge is 2.25. The zero-order chi connectivity index (χ0) is 9.97. The lowest BCUT2D eigenvalue weighted by Gasteiger charge is -2.23. The van der Waals surface area contributed by atoms with Gasteiger partial charge in [0.15, 0.2) is 0 Å². The molecule has 1 aliphatic heterocycles. The largest absolute Gasteiger partial charge is 0.458 e. The van der Waals surface area contributed by atoms with Gasteiger partial charge in [-0.3, -0.25) is 4.98 Å². The van der Waals surface area contributed by atoms with Crippen LogP contribution in [0.1, 0.15) is 35.7 Å². The second kappa shape index (κ2) is 5.12. The number of cyclic esters (lactones) is 1. The number of aromatic nitrogens is 1. The predicted molar refractivity (Wildman–Crippen MR) is 59.3 cm³/mol. The van der Waals surface area contributed by atoms with Crippen molar-refractivity contribution in [1.29, 1.82) is 0 Å². The zero-order valence-electron chi connectivity index (χ0n) is 8.60. The molecule has 0 saturated heterocycles. The van der Waals surface area contributed by atoms with Crippen LogP contribution < -0.4 is 0 Å². The summed E-state index contributed by atoms with van der Waals surface area (Å²) in [6, 6.07) is 1.90. The molecule has 3 nitrogen and oxygen atoms in total. The van der Waals surface area contributed by atoms with Crippen molar-refractivity contribution in [3.8, 4) is 0 Å². The maximum atomic E-state index is 11.5. The van der Waals surface area contributed by atoms with Crippen LogP contribution in [0.4, 0.5) is 0 Å². The number of halogens is 1. The minimum atomic E-state index is -0.224. The topological polar surface area (TPSA) is 39.2 Å². The van der Waals surface area contributed by atoms with Gasteiger partial charge in [-0.15, -0.1) is 12.4 Å². The number of fused-ring (bicyclic) bond motifs is 1. The summed E-state index contributed by atoms with van der Waals surface area (Å²) in [4.78, 5) is 15.4. The van der Waals surface area contributed by atoms with E-state index in [4.69, 9.17) is 4.74 Å². The van der Waals surface area contributed by atoms with Crippen LogP contribution in [0.25, 0.3) is 0 Å². The van der Waals surface area contributed by atoms with Crippen LogP contribution in [0, 0.1) is 0 Å². The first-order chi connectivity index (χ1) is 6.81. The van der Waals surface area contributed by atoms with Crippen LogP contribution in [0.3, 0.4) is 0 Å². The Labute approximate surface area is 95.3 Å². The molecule has 1 unspecified atom stereocenters. The summed E-state index contributed by atoms with van der Waals surface area (Å²) in [5.41, 5.74) is 1.69. The molecule has 1 atom stereocenters. The third-order valence-electron chi connectivity index (χ3n) is 2.46. The van der Waals surface area contributed by atoms with Gasteiger partial charge in [0.25, 0.3) is 0 Å². The van der Waals surface area contributed by atoms with Crippen LogP contribution in [0.5, 0.6) is 0 Å². The molecule has 15 heavy (non-hydrogen) atoms. The summed E-state index contributed by atoms with van der Waals surface area (Å²) in [7, 11) is 0. The zero-order valence-corrected chi connectivity index (χ0v) is 9.42. The van der Waals surface area contributed by atoms with Gasteiger partial charge in [0.05, 0.1) is 5.56 Å². The highest BCUT2D eigenvalue weighted by molar-refractivity contribution is 5.91. The Hall–Kier alpha value is -1.09. The van der Waals surface area contributed by atoms with Crippen molar-refractivity contribution in [2.75, 3.05) is 0 Å². The fourth-order valence-electron chi connectivity index (χ4n) is 1.77. The fourth-order valence-corrected chi connectivity index (χ4v) is 1.77. The summed E-state index contributed by atoms with van der Waals surface area (Å²) < 4.78 is 5.27. The van der Waals surface area contributed by atoms with Crippen LogP contribution in [0.2, 0.25) is 0 Å². The Morgan fingerprint density at radius 3 is 3.13 bits per heavy atom. The van der Waals surface area contributed by atoms with E-state index in [1.165, 1.54) is 0 Å². The van der Waals surface area contributed by atoms with Crippen molar-refractivity contribution in [2.45, 2.75) is 32.3 Å². The Kier molecular flexibility index (Phi) is 4.09. The molecule has 0 aliphatic carbocycles. The molecule has 0 amide bonds. The van der Waals surface area contributed by atoms with Crippen LogP contribution in [0.15, 0.2) is 18.5 Å². The first-order valence-corrected chi connectivity index (χ1v) is 4.95. The van der Waals surface area contributed by atoms with Crippen LogP contribution >= 0.6 is 12.4 Å². The minimum Gasteiger partial charge on any atom is -0.458 e. The molecule has 0 spiro atoms. The van der Waals surface area contributed by atoms with Crippen LogP contribution in [-0.4, -0.2) is 17.1 Å². The van der Waals surface area contributed by atoms with Gasteiger partial charge in [0.1, 0.15) is 6.10 Å². The molecule has 2 heterocycles. The summed E-state index contributed by atoms with van der Waals surface area (Å²) in [6.45, 7) is 2.09. The number of rotatable bonds is 2. The third kappa shape index (κ3) is 2.48.